The van der Waals surface area contributed by atoms with Crippen LogP contribution in [0.4, 0.5) is 5.82 Å². The fourth-order valence-corrected chi connectivity index (χ4v) is 2.06. The Morgan fingerprint density at radius 1 is 1.44 bits per heavy atom. The Bertz CT molecular complexity index is 619. The highest BCUT2D eigenvalue weighted by Gasteiger charge is 2.21. The number of hydrogen-bond donors (Lipinski definition) is 0. The second kappa shape index (κ2) is 4.58. The monoisotopic (exact) mass is 289 g/mol. The van der Waals surface area contributed by atoms with Crippen LogP contribution in [0, 0.1) is 17.0 Å². The van der Waals surface area contributed by atoms with Crippen LogP contribution in [0.2, 0.25) is 10.2 Å². The number of rotatable bonds is 3. The first-order valence-electron chi connectivity index (χ1n) is 4.95. The molecule has 2 rings (SSSR count). The summed E-state index contributed by atoms with van der Waals surface area (Å²) in [5.74, 6) is -0.366. The quantitative estimate of drug-likeness (QED) is 0.641. The Balaban J connectivity index is 2.34. The van der Waals surface area contributed by atoms with Crippen LogP contribution in [0.5, 0.6) is 0 Å². The molecule has 0 amide bonds. The van der Waals surface area contributed by atoms with Crippen molar-refractivity contribution in [1.82, 2.24) is 19.6 Å². The van der Waals surface area contributed by atoms with E-state index in [1.807, 2.05) is 0 Å². The molecule has 2 heterocycles. The van der Waals surface area contributed by atoms with Crippen LogP contribution in [-0.2, 0) is 13.6 Å². The van der Waals surface area contributed by atoms with E-state index in [1.165, 1.54) is 15.6 Å². The fourth-order valence-electron chi connectivity index (χ4n) is 1.61. The summed E-state index contributed by atoms with van der Waals surface area (Å²) in [6, 6.07) is 0. The average molecular weight is 290 g/mol. The third kappa shape index (κ3) is 2.19. The van der Waals surface area contributed by atoms with Crippen molar-refractivity contribution in [2.75, 3.05) is 0 Å². The zero-order chi connectivity index (χ0) is 13.4. The average Bonchev–Trinajstić information content (AvgIpc) is 2.75. The van der Waals surface area contributed by atoms with Crippen molar-refractivity contribution in [2.45, 2.75) is 13.5 Å². The molecule has 0 fully saturated rings. The topological polar surface area (TPSA) is 78.8 Å². The summed E-state index contributed by atoms with van der Waals surface area (Å²) in [6.45, 7) is 2.09. The molecule has 0 bridgehead atoms. The van der Waals surface area contributed by atoms with Crippen molar-refractivity contribution in [3.05, 3.63) is 37.7 Å². The first kappa shape index (κ1) is 12.8. The molecule has 0 aliphatic rings. The van der Waals surface area contributed by atoms with Crippen molar-refractivity contribution in [1.29, 1.82) is 0 Å². The maximum atomic E-state index is 10.6. The summed E-state index contributed by atoms with van der Waals surface area (Å²) >= 11 is 11.8. The molecule has 0 spiro atoms. The van der Waals surface area contributed by atoms with E-state index in [0.29, 0.717) is 5.15 Å². The van der Waals surface area contributed by atoms with Gasteiger partial charge in [0.1, 0.15) is 5.15 Å². The van der Waals surface area contributed by atoms with E-state index in [1.54, 1.807) is 14.0 Å². The molecule has 0 aromatic carbocycles. The molecule has 0 aliphatic carbocycles. The third-order valence-electron chi connectivity index (χ3n) is 2.46. The van der Waals surface area contributed by atoms with E-state index in [-0.39, 0.29) is 17.4 Å². The highest BCUT2D eigenvalue weighted by Crippen LogP contribution is 2.24. The van der Waals surface area contributed by atoms with Gasteiger partial charge < -0.3 is 10.1 Å². The Morgan fingerprint density at radius 2 is 2.11 bits per heavy atom. The fraction of sp³-hybridized carbons (Fsp3) is 0.333. The maximum Gasteiger partial charge on any atom is 0.408 e. The lowest BCUT2D eigenvalue weighted by atomic mass is 10.3. The van der Waals surface area contributed by atoms with Gasteiger partial charge in [0, 0.05) is 12.6 Å². The first-order chi connectivity index (χ1) is 8.40. The molecular formula is C9H9Cl2N5O2. The Labute approximate surface area is 112 Å². The van der Waals surface area contributed by atoms with E-state index < -0.39 is 4.92 Å². The number of aromatic nitrogens is 4. The second-order valence-corrected chi connectivity index (χ2v) is 4.50. The SMILES string of the molecule is Cc1nn(C)c(Cl)c1Cn1cc(Cl)c([N+](=O)[O-])n1. The van der Waals surface area contributed by atoms with Crippen LogP contribution in [0.1, 0.15) is 11.3 Å². The maximum absolute atomic E-state index is 10.6. The molecule has 0 aliphatic heterocycles. The van der Waals surface area contributed by atoms with Gasteiger partial charge in [-0.2, -0.15) is 9.78 Å². The van der Waals surface area contributed by atoms with Crippen LogP contribution in [-0.4, -0.2) is 24.5 Å². The number of hydrogen-bond acceptors (Lipinski definition) is 4. The smallest absolute Gasteiger partial charge is 0.358 e. The molecule has 2 aromatic heterocycles. The van der Waals surface area contributed by atoms with Crippen LogP contribution in [0.15, 0.2) is 6.20 Å². The van der Waals surface area contributed by atoms with Gasteiger partial charge in [0.05, 0.1) is 23.5 Å². The summed E-state index contributed by atoms with van der Waals surface area (Å²) in [7, 11) is 1.72. The van der Waals surface area contributed by atoms with Gasteiger partial charge in [0.25, 0.3) is 0 Å². The van der Waals surface area contributed by atoms with E-state index in [9.17, 15) is 10.1 Å². The Morgan fingerprint density at radius 3 is 2.56 bits per heavy atom. The van der Waals surface area contributed by atoms with Gasteiger partial charge in [0.2, 0.25) is 0 Å². The number of halogens is 2. The summed E-state index contributed by atoms with van der Waals surface area (Å²) in [5, 5.41) is 19.0. The van der Waals surface area contributed by atoms with Gasteiger partial charge >= 0.3 is 5.82 Å². The molecule has 0 radical (unpaired) electrons. The van der Waals surface area contributed by atoms with Gasteiger partial charge in [-0.25, -0.2) is 0 Å². The van der Waals surface area contributed by atoms with Gasteiger partial charge in [-0.15, -0.1) is 0 Å². The molecule has 0 N–H and O–H groups in total. The van der Waals surface area contributed by atoms with Crippen molar-refractivity contribution in [3.8, 4) is 0 Å². The highest BCUT2D eigenvalue weighted by atomic mass is 35.5. The van der Waals surface area contributed by atoms with Crippen molar-refractivity contribution in [3.63, 3.8) is 0 Å². The van der Waals surface area contributed by atoms with Gasteiger partial charge in [-0.3, -0.25) is 4.68 Å². The standard InChI is InChI=1S/C9H9Cl2N5O2/c1-5-6(8(11)14(2)12-5)3-15-4-7(10)9(13-15)16(17)18/h4H,3H2,1-2H3. The zero-order valence-corrected chi connectivity index (χ0v) is 11.1. The minimum Gasteiger partial charge on any atom is -0.358 e. The summed E-state index contributed by atoms with van der Waals surface area (Å²) in [6.07, 6.45) is 1.39. The Kier molecular flexibility index (Phi) is 3.27. The predicted octanol–water partition coefficient (Wildman–Crippen LogP) is 2.19. The minimum atomic E-state index is -0.628. The van der Waals surface area contributed by atoms with Crippen LogP contribution in [0.3, 0.4) is 0 Å². The van der Waals surface area contributed by atoms with E-state index in [0.717, 1.165) is 11.3 Å². The Hall–Kier alpha value is -1.60. The lowest BCUT2D eigenvalue weighted by molar-refractivity contribution is -0.389. The largest absolute Gasteiger partial charge is 0.408 e. The third-order valence-corrected chi connectivity index (χ3v) is 3.20. The molecule has 96 valence electrons. The van der Waals surface area contributed by atoms with Crippen LogP contribution < -0.4 is 0 Å². The number of aryl methyl sites for hydroxylation is 2. The number of nitro groups is 1. The molecule has 0 saturated carbocycles. The lowest BCUT2D eigenvalue weighted by Crippen LogP contribution is -2.02. The summed E-state index contributed by atoms with van der Waals surface area (Å²) < 4.78 is 2.90. The van der Waals surface area contributed by atoms with E-state index in [4.69, 9.17) is 23.2 Å². The molecule has 7 nitrogen and oxygen atoms in total. The first-order valence-corrected chi connectivity index (χ1v) is 5.71. The minimum absolute atomic E-state index is 0.00216. The number of nitrogens with zero attached hydrogens (tertiary/aromatic N) is 5. The van der Waals surface area contributed by atoms with Crippen LogP contribution >= 0.6 is 23.2 Å². The summed E-state index contributed by atoms with van der Waals surface area (Å²) in [5.41, 5.74) is 1.50. The second-order valence-electron chi connectivity index (χ2n) is 3.73. The van der Waals surface area contributed by atoms with E-state index in [2.05, 4.69) is 10.2 Å². The molecular weight excluding hydrogens is 281 g/mol. The van der Waals surface area contributed by atoms with Crippen molar-refractivity contribution >= 4 is 29.0 Å². The zero-order valence-electron chi connectivity index (χ0n) is 9.59. The van der Waals surface area contributed by atoms with Gasteiger partial charge in [-0.1, -0.05) is 23.2 Å². The normalized spacial score (nSPS) is 10.9. The van der Waals surface area contributed by atoms with Gasteiger partial charge in [-0.05, 0) is 11.8 Å². The highest BCUT2D eigenvalue weighted by molar-refractivity contribution is 6.32. The molecule has 2 aromatic rings. The molecule has 18 heavy (non-hydrogen) atoms. The van der Waals surface area contributed by atoms with Crippen molar-refractivity contribution in [2.24, 2.45) is 7.05 Å². The molecule has 9 heteroatoms. The van der Waals surface area contributed by atoms with Crippen LogP contribution in [0.25, 0.3) is 0 Å². The van der Waals surface area contributed by atoms with E-state index >= 15 is 0 Å². The van der Waals surface area contributed by atoms with Crippen molar-refractivity contribution < 1.29 is 4.92 Å². The summed E-state index contributed by atoms with van der Waals surface area (Å²) in [4.78, 5) is 10.00. The lowest BCUT2D eigenvalue weighted by Gasteiger charge is -1.97. The molecule has 0 saturated heterocycles. The van der Waals surface area contributed by atoms with Gasteiger partial charge in [0.15, 0.2) is 5.02 Å². The molecule has 0 unspecified atom stereocenters. The molecule has 0 atom stereocenters. The predicted molar refractivity (Wildman–Crippen MR) is 65.9 cm³/mol.